The number of hydrogen-bond acceptors (Lipinski definition) is 7. The van der Waals surface area contributed by atoms with Crippen LogP contribution in [0.1, 0.15) is 12.0 Å². The van der Waals surface area contributed by atoms with Crippen LogP contribution in [0.2, 0.25) is 0 Å². The smallest absolute Gasteiger partial charge is 0.258 e. The number of benzene rings is 2. The molecule has 10 heteroatoms. The number of fused-ring (bicyclic) bond motifs is 1. The fraction of sp³-hybridized carbons (Fsp3) is 0.318. The van der Waals surface area contributed by atoms with Gasteiger partial charge in [0.15, 0.2) is 0 Å². The molecule has 9 nitrogen and oxygen atoms in total. The second kappa shape index (κ2) is 8.46. The Morgan fingerprint density at radius 1 is 1.12 bits per heavy atom. The first-order valence-electron chi connectivity index (χ1n) is 10.4. The number of morpholine rings is 1. The largest absolute Gasteiger partial charge is 0.378 e. The molecule has 1 saturated heterocycles. The van der Waals surface area contributed by atoms with E-state index < -0.39 is 0 Å². The van der Waals surface area contributed by atoms with Gasteiger partial charge < -0.3 is 14.2 Å². The number of hydrogen-bond donors (Lipinski definition) is 0. The second-order valence-corrected chi connectivity index (χ2v) is 7.65. The summed E-state index contributed by atoms with van der Waals surface area (Å²) in [6.45, 7) is 4.55. The Hall–Kier alpha value is -3.66. The summed E-state index contributed by atoms with van der Waals surface area (Å²) in [4.78, 5) is 18.6. The highest BCUT2D eigenvalue weighted by atomic mass is 19.1. The summed E-state index contributed by atoms with van der Waals surface area (Å²) in [7, 11) is 0. The molecule has 1 aliphatic heterocycles. The summed E-state index contributed by atoms with van der Waals surface area (Å²) >= 11 is 0. The number of aryl methyl sites for hydroxylation is 2. The van der Waals surface area contributed by atoms with Gasteiger partial charge in [0, 0.05) is 30.6 Å². The third-order valence-corrected chi connectivity index (χ3v) is 5.52. The Bertz CT molecular complexity index is 1280. The molecule has 2 aromatic carbocycles. The summed E-state index contributed by atoms with van der Waals surface area (Å²) in [5.41, 5.74) is 3.25. The molecule has 0 N–H and O–H groups in total. The Morgan fingerprint density at radius 2 is 1.94 bits per heavy atom. The lowest BCUT2D eigenvalue weighted by Gasteiger charge is -2.26. The molecule has 0 radical (unpaired) electrons. The molecule has 0 saturated carbocycles. The lowest BCUT2D eigenvalue weighted by molar-refractivity contribution is -0.135. The predicted octanol–water partition coefficient (Wildman–Crippen LogP) is 2.84. The van der Waals surface area contributed by atoms with Crippen molar-refractivity contribution in [2.45, 2.75) is 19.9 Å². The lowest BCUT2D eigenvalue weighted by Crippen LogP contribution is -2.41. The molecule has 0 atom stereocenters. The molecule has 164 valence electrons. The summed E-state index contributed by atoms with van der Waals surface area (Å²) in [6, 6.07) is 10.3. The van der Waals surface area contributed by atoms with Gasteiger partial charge in [-0.3, -0.25) is 4.79 Å². The van der Waals surface area contributed by atoms with Crippen molar-refractivity contribution < 1.29 is 18.4 Å². The molecule has 0 unspecified atom stereocenters. The van der Waals surface area contributed by atoms with Crippen LogP contribution in [0.3, 0.4) is 0 Å². The van der Waals surface area contributed by atoms with Crippen LogP contribution < -0.4 is 0 Å². The Balaban J connectivity index is 1.32. The summed E-state index contributed by atoms with van der Waals surface area (Å²) in [5, 5.41) is 12.4. The number of ether oxygens (including phenoxy) is 1. The van der Waals surface area contributed by atoms with E-state index in [-0.39, 0.29) is 17.6 Å². The van der Waals surface area contributed by atoms with E-state index in [2.05, 4.69) is 20.5 Å². The van der Waals surface area contributed by atoms with Gasteiger partial charge in [0.25, 0.3) is 5.89 Å². The molecule has 1 amide bonds. The van der Waals surface area contributed by atoms with E-state index in [1.165, 1.54) is 6.07 Å². The average Bonchev–Trinajstić information content (AvgIpc) is 3.47. The van der Waals surface area contributed by atoms with Crippen LogP contribution in [0, 0.1) is 12.7 Å². The maximum atomic E-state index is 13.9. The minimum Gasteiger partial charge on any atom is -0.378 e. The standard InChI is InChI=1S/C22H21FN6O3/c1-14-2-3-16(12-17(14)23)22-24-21(26-32-22)15-4-5-19-18(13-15)25-27-29(19)7-6-20(30)28-8-10-31-11-9-28/h2-5,12-13H,6-11H2,1H3. The highest BCUT2D eigenvalue weighted by Gasteiger charge is 2.18. The number of aromatic nitrogens is 5. The van der Waals surface area contributed by atoms with E-state index in [0.717, 1.165) is 5.52 Å². The second-order valence-electron chi connectivity index (χ2n) is 7.65. The third kappa shape index (κ3) is 3.96. The van der Waals surface area contributed by atoms with Crippen LogP contribution in [0.5, 0.6) is 0 Å². The Labute approximate surface area is 182 Å². The van der Waals surface area contributed by atoms with E-state index in [1.807, 2.05) is 23.1 Å². The zero-order valence-corrected chi connectivity index (χ0v) is 17.5. The van der Waals surface area contributed by atoms with Crippen molar-refractivity contribution in [1.82, 2.24) is 30.0 Å². The van der Waals surface area contributed by atoms with Crippen LogP contribution in [0.4, 0.5) is 4.39 Å². The van der Waals surface area contributed by atoms with Gasteiger partial charge in [-0.1, -0.05) is 16.4 Å². The minimum absolute atomic E-state index is 0.0837. The van der Waals surface area contributed by atoms with Crippen LogP contribution in [-0.2, 0) is 16.1 Å². The fourth-order valence-electron chi connectivity index (χ4n) is 3.63. The van der Waals surface area contributed by atoms with Gasteiger partial charge in [-0.2, -0.15) is 4.98 Å². The van der Waals surface area contributed by atoms with Crippen molar-refractivity contribution in [2.24, 2.45) is 0 Å². The highest BCUT2D eigenvalue weighted by molar-refractivity contribution is 5.80. The van der Waals surface area contributed by atoms with Gasteiger partial charge in [-0.25, -0.2) is 9.07 Å². The van der Waals surface area contributed by atoms with E-state index >= 15 is 0 Å². The topological polar surface area (TPSA) is 99.2 Å². The van der Waals surface area contributed by atoms with Crippen LogP contribution in [-0.4, -0.2) is 62.2 Å². The zero-order chi connectivity index (χ0) is 22.1. The van der Waals surface area contributed by atoms with Crippen LogP contribution >= 0.6 is 0 Å². The molecule has 0 bridgehead atoms. The summed E-state index contributed by atoms with van der Waals surface area (Å²) in [5.74, 6) is 0.372. The Morgan fingerprint density at radius 3 is 2.75 bits per heavy atom. The van der Waals surface area contributed by atoms with Crippen LogP contribution in [0.25, 0.3) is 33.9 Å². The maximum absolute atomic E-state index is 13.9. The average molecular weight is 436 g/mol. The molecule has 0 spiro atoms. The first-order chi connectivity index (χ1) is 15.6. The molecule has 3 heterocycles. The molecular weight excluding hydrogens is 415 g/mol. The van der Waals surface area contributed by atoms with E-state index in [1.54, 1.807) is 23.7 Å². The van der Waals surface area contributed by atoms with Crippen molar-refractivity contribution in [3.63, 3.8) is 0 Å². The normalized spacial score (nSPS) is 14.2. The maximum Gasteiger partial charge on any atom is 0.258 e. The molecule has 0 aliphatic carbocycles. The molecule has 2 aromatic heterocycles. The van der Waals surface area contributed by atoms with Crippen molar-refractivity contribution >= 4 is 16.9 Å². The van der Waals surface area contributed by atoms with Gasteiger partial charge in [-0.15, -0.1) is 5.10 Å². The molecule has 4 aromatic rings. The SMILES string of the molecule is Cc1ccc(-c2nc(-c3ccc4c(c3)nnn4CCC(=O)N3CCOCC3)no2)cc1F. The van der Waals surface area contributed by atoms with E-state index in [4.69, 9.17) is 9.26 Å². The minimum atomic E-state index is -0.326. The van der Waals surface area contributed by atoms with Crippen molar-refractivity contribution in [2.75, 3.05) is 26.3 Å². The fourth-order valence-corrected chi connectivity index (χ4v) is 3.63. The first-order valence-corrected chi connectivity index (χ1v) is 10.4. The number of amides is 1. The van der Waals surface area contributed by atoms with E-state index in [0.29, 0.717) is 67.3 Å². The number of nitrogens with zero attached hydrogens (tertiary/aromatic N) is 6. The Kier molecular flexibility index (Phi) is 5.36. The van der Waals surface area contributed by atoms with Crippen molar-refractivity contribution in [3.8, 4) is 22.8 Å². The lowest BCUT2D eigenvalue weighted by atomic mass is 10.1. The molecule has 5 rings (SSSR count). The van der Waals surface area contributed by atoms with Crippen LogP contribution in [0.15, 0.2) is 40.9 Å². The zero-order valence-electron chi connectivity index (χ0n) is 17.5. The first kappa shape index (κ1) is 20.3. The van der Waals surface area contributed by atoms with Gasteiger partial charge in [0.2, 0.25) is 11.7 Å². The van der Waals surface area contributed by atoms with Gasteiger partial charge in [0.1, 0.15) is 11.3 Å². The molecular formula is C22H21FN6O3. The highest BCUT2D eigenvalue weighted by Crippen LogP contribution is 2.25. The number of rotatable bonds is 5. The number of carbonyl (C=O) groups excluding carboxylic acids is 1. The molecule has 32 heavy (non-hydrogen) atoms. The van der Waals surface area contributed by atoms with Crippen molar-refractivity contribution in [3.05, 3.63) is 47.8 Å². The van der Waals surface area contributed by atoms with Crippen molar-refractivity contribution in [1.29, 1.82) is 0 Å². The number of halogens is 1. The summed E-state index contributed by atoms with van der Waals surface area (Å²) in [6.07, 6.45) is 0.349. The monoisotopic (exact) mass is 436 g/mol. The van der Waals surface area contributed by atoms with E-state index in [9.17, 15) is 9.18 Å². The van der Waals surface area contributed by atoms with Gasteiger partial charge in [0.05, 0.1) is 25.3 Å². The predicted molar refractivity (Wildman–Crippen MR) is 113 cm³/mol. The number of carbonyl (C=O) groups is 1. The summed E-state index contributed by atoms with van der Waals surface area (Å²) < 4.78 is 26.2. The molecule has 1 fully saturated rings. The molecule has 1 aliphatic rings. The quantitative estimate of drug-likeness (QED) is 0.474. The third-order valence-electron chi connectivity index (χ3n) is 5.52. The van der Waals surface area contributed by atoms with Gasteiger partial charge in [-0.05, 0) is 42.8 Å². The van der Waals surface area contributed by atoms with Gasteiger partial charge >= 0.3 is 0 Å².